The van der Waals surface area contributed by atoms with Gasteiger partial charge in [-0.15, -0.1) is 0 Å². The van der Waals surface area contributed by atoms with Crippen molar-refractivity contribution in [2.24, 2.45) is 10.9 Å². The Morgan fingerprint density at radius 2 is 2.04 bits per heavy atom. The van der Waals surface area contributed by atoms with Crippen LogP contribution in [0.2, 0.25) is 0 Å². The maximum atomic E-state index is 13.5. The molecule has 2 aromatic rings. The molecule has 140 valence electrons. The van der Waals surface area contributed by atoms with Gasteiger partial charge in [0, 0.05) is 12.3 Å². The van der Waals surface area contributed by atoms with E-state index in [1.54, 1.807) is 11.0 Å². The summed E-state index contributed by atoms with van der Waals surface area (Å²) in [4.78, 5) is 19.6. The zero-order valence-electron chi connectivity index (χ0n) is 15.0. The fourth-order valence-electron chi connectivity index (χ4n) is 3.26. The van der Waals surface area contributed by atoms with Crippen LogP contribution in [0, 0.1) is 11.7 Å². The lowest BCUT2D eigenvalue weighted by atomic mass is 10.0. The number of amidine groups is 1. The van der Waals surface area contributed by atoms with E-state index in [4.69, 9.17) is 4.99 Å². The number of nitrogens with zero attached hydrogens (tertiary/aromatic N) is 2. The summed E-state index contributed by atoms with van der Waals surface area (Å²) in [6.45, 7) is 2.65. The third-order valence-electron chi connectivity index (χ3n) is 4.79. The number of fused-ring (bicyclic) bond motifs is 1. The van der Waals surface area contributed by atoms with Gasteiger partial charge in [-0.25, -0.2) is 14.8 Å². The van der Waals surface area contributed by atoms with Gasteiger partial charge in [-0.3, -0.25) is 15.1 Å². The van der Waals surface area contributed by atoms with Crippen molar-refractivity contribution in [2.45, 2.75) is 25.3 Å². The summed E-state index contributed by atoms with van der Waals surface area (Å²) in [5.41, 5.74) is 8.97. The van der Waals surface area contributed by atoms with Crippen molar-refractivity contribution in [3.63, 3.8) is 0 Å². The number of hydrogen-bond donors (Lipinski definition) is 2. The van der Waals surface area contributed by atoms with Gasteiger partial charge in [0.1, 0.15) is 12.0 Å². The Hall–Kier alpha value is -2.22. The SMILES string of the molecule is CCc1ccc(N2C(=O)C3CNNC3N=C2SCc2cccc(F)c2)cc1. The summed E-state index contributed by atoms with van der Waals surface area (Å²) in [5.74, 6) is 0.0782. The molecular weight excluding hydrogens is 363 g/mol. The van der Waals surface area contributed by atoms with Crippen LogP contribution in [0.4, 0.5) is 10.1 Å². The molecule has 1 saturated heterocycles. The molecule has 5 nitrogen and oxygen atoms in total. The van der Waals surface area contributed by atoms with Crippen molar-refractivity contribution in [1.82, 2.24) is 10.9 Å². The van der Waals surface area contributed by atoms with Crippen molar-refractivity contribution >= 4 is 28.5 Å². The van der Waals surface area contributed by atoms with E-state index < -0.39 is 0 Å². The number of nitrogens with one attached hydrogen (secondary N) is 2. The molecule has 2 N–H and O–H groups in total. The fraction of sp³-hybridized carbons (Fsp3) is 0.300. The van der Waals surface area contributed by atoms with Gasteiger partial charge in [-0.05, 0) is 41.8 Å². The van der Waals surface area contributed by atoms with Gasteiger partial charge in [0.05, 0.1) is 11.6 Å². The first-order valence-electron chi connectivity index (χ1n) is 9.02. The number of aryl methyl sites for hydroxylation is 1. The lowest BCUT2D eigenvalue weighted by Gasteiger charge is -2.32. The number of rotatable bonds is 4. The third-order valence-corrected chi connectivity index (χ3v) is 5.82. The highest BCUT2D eigenvalue weighted by Crippen LogP contribution is 2.30. The highest BCUT2D eigenvalue weighted by Gasteiger charge is 2.42. The second kappa shape index (κ2) is 7.80. The molecule has 0 saturated carbocycles. The number of halogens is 1. The average Bonchev–Trinajstić information content (AvgIpc) is 3.16. The van der Waals surface area contributed by atoms with E-state index in [0.29, 0.717) is 17.5 Å². The monoisotopic (exact) mass is 384 g/mol. The molecule has 2 heterocycles. The Morgan fingerprint density at radius 1 is 1.22 bits per heavy atom. The van der Waals surface area contributed by atoms with E-state index >= 15 is 0 Å². The second-order valence-corrected chi connectivity index (χ2v) is 7.54. The zero-order chi connectivity index (χ0) is 18.8. The van der Waals surface area contributed by atoms with Crippen LogP contribution in [0.5, 0.6) is 0 Å². The van der Waals surface area contributed by atoms with Gasteiger partial charge in [-0.2, -0.15) is 0 Å². The summed E-state index contributed by atoms with van der Waals surface area (Å²) in [6.07, 6.45) is 0.681. The molecule has 1 amide bonds. The first-order valence-corrected chi connectivity index (χ1v) is 10.0. The minimum absolute atomic E-state index is 0.0264. The van der Waals surface area contributed by atoms with E-state index in [1.165, 1.54) is 29.5 Å². The molecule has 2 aromatic carbocycles. The second-order valence-electron chi connectivity index (χ2n) is 6.60. The summed E-state index contributed by atoms with van der Waals surface area (Å²) in [6, 6.07) is 14.5. The topological polar surface area (TPSA) is 56.7 Å². The normalized spacial score (nSPS) is 21.9. The number of carbonyl (C=O) groups excluding carboxylic acids is 1. The number of hydrazine groups is 1. The largest absolute Gasteiger partial charge is 0.274 e. The lowest BCUT2D eigenvalue weighted by molar-refractivity contribution is -0.121. The molecule has 27 heavy (non-hydrogen) atoms. The molecule has 0 bridgehead atoms. The minimum atomic E-state index is -0.265. The van der Waals surface area contributed by atoms with Gasteiger partial charge >= 0.3 is 0 Å². The zero-order valence-corrected chi connectivity index (χ0v) is 15.8. The first kappa shape index (κ1) is 18.2. The van der Waals surface area contributed by atoms with Crippen molar-refractivity contribution < 1.29 is 9.18 Å². The standard InChI is InChI=1S/C20H21FN4OS/c1-2-13-6-8-16(9-7-13)25-19(26)17-11-22-24-18(17)23-20(25)27-12-14-4-3-5-15(21)10-14/h3-10,17-18,22,24H,2,11-12H2,1H3. The summed E-state index contributed by atoms with van der Waals surface area (Å²) in [7, 11) is 0. The van der Waals surface area contributed by atoms with Gasteiger partial charge in [-0.1, -0.05) is 43.0 Å². The van der Waals surface area contributed by atoms with Gasteiger partial charge < -0.3 is 0 Å². The molecule has 0 spiro atoms. The molecule has 0 aliphatic carbocycles. The molecule has 2 atom stereocenters. The van der Waals surface area contributed by atoms with E-state index in [-0.39, 0.29) is 23.8 Å². The summed E-state index contributed by atoms with van der Waals surface area (Å²) in [5, 5.41) is 0.631. The van der Waals surface area contributed by atoms with Crippen molar-refractivity contribution in [3.8, 4) is 0 Å². The van der Waals surface area contributed by atoms with Crippen LogP contribution in [0.25, 0.3) is 0 Å². The Labute approximate surface area is 162 Å². The molecule has 2 unspecified atom stereocenters. The minimum Gasteiger partial charge on any atom is -0.274 e. The van der Waals surface area contributed by atoms with Crippen LogP contribution < -0.4 is 15.8 Å². The summed E-state index contributed by atoms with van der Waals surface area (Å²) < 4.78 is 13.5. The lowest BCUT2D eigenvalue weighted by Crippen LogP contribution is -2.49. The van der Waals surface area contributed by atoms with Crippen LogP contribution in [0.15, 0.2) is 53.5 Å². The van der Waals surface area contributed by atoms with E-state index in [9.17, 15) is 9.18 Å². The van der Waals surface area contributed by atoms with E-state index in [0.717, 1.165) is 17.7 Å². The molecule has 0 radical (unpaired) electrons. The van der Waals surface area contributed by atoms with E-state index in [1.807, 2.05) is 30.3 Å². The average molecular weight is 384 g/mol. The molecule has 7 heteroatoms. The number of aliphatic imine (C=N–C) groups is 1. The quantitative estimate of drug-likeness (QED) is 0.851. The van der Waals surface area contributed by atoms with Gasteiger partial charge in [0.2, 0.25) is 5.91 Å². The van der Waals surface area contributed by atoms with Gasteiger partial charge in [0.25, 0.3) is 0 Å². The van der Waals surface area contributed by atoms with Crippen LogP contribution >= 0.6 is 11.8 Å². The Balaban J connectivity index is 1.62. The third kappa shape index (κ3) is 3.76. The smallest absolute Gasteiger partial charge is 0.241 e. The maximum Gasteiger partial charge on any atom is 0.241 e. The van der Waals surface area contributed by atoms with Crippen LogP contribution in [0.1, 0.15) is 18.1 Å². The number of anilines is 1. The van der Waals surface area contributed by atoms with Crippen molar-refractivity contribution in [2.75, 3.05) is 11.4 Å². The number of hydrogen-bond acceptors (Lipinski definition) is 5. The predicted molar refractivity (Wildman–Crippen MR) is 107 cm³/mol. The molecular formula is C20H21FN4OS. The Bertz CT molecular complexity index is 871. The Kier molecular flexibility index (Phi) is 5.24. The van der Waals surface area contributed by atoms with Crippen molar-refractivity contribution in [3.05, 3.63) is 65.5 Å². The van der Waals surface area contributed by atoms with E-state index in [2.05, 4.69) is 17.8 Å². The van der Waals surface area contributed by atoms with Gasteiger partial charge in [0.15, 0.2) is 5.17 Å². The molecule has 2 aliphatic heterocycles. The van der Waals surface area contributed by atoms with Crippen molar-refractivity contribution in [1.29, 1.82) is 0 Å². The maximum absolute atomic E-state index is 13.5. The molecule has 0 aromatic heterocycles. The number of carbonyl (C=O) groups is 1. The Morgan fingerprint density at radius 3 is 2.78 bits per heavy atom. The fourth-order valence-corrected chi connectivity index (χ4v) is 4.25. The van der Waals surface area contributed by atoms with Crippen LogP contribution in [0.3, 0.4) is 0 Å². The molecule has 4 rings (SSSR count). The van der Waals surface area contributed by atoms with Crippen LogP contribution in [-0.2, 0) is 17.0 Å². The predicted octanol–water partition coefficient (Wildman–Crippen LogP) is 3.07. The highest BCUT2D eigenvalue weighted by molar-refractivity contribution is 8.13. The first-order chi connectivity index (χ1) is 13.2. The molecule has 1 fully saturated rings. The number of amides is 1. The number of benzene rings is 2. The highest BCUT2D eigenvalue weighted by atomic mass is 32.2. The molecule has 2 aliphatic rings. The van der Waals surface area contributed by atoms with Crippen LogP contribution in [-0.4, -0.2) is 23.8 Å². The number of thioether (sulfide) groups is 1. The summed E-state index contributed by atoms with van der Waals surface area (Å²) >= 11 is 1.45.